The second-order valence-electron chi connectivity index (χ2n) is 7.21. The maximum Gasteiger partial charge on any atom is 0.261 e. The van der Waals surface area contributed by atoms with Crippen molar-refractivity contribution in [1.29, 1.82) is 0 Å². The van der Waals surface area contributed by atoms with Crippen molar-refractivity contribution in [3.63, 3.8) is 0 Å². The number of thioether (sulfide) groups is 1. The SMILES string of the molecule is COc1ccc(S[C@H](C)C(=O)Nc2ccc(S(=O)(=O)Nc3ccccc3C)cc2)cc1OC. The molecule has 33 heavy (non-hydrogen) atoms. The van der Waals surface area contributed by atoms with E-state index in [0.717, 1.165) is 10.5 Å². The van der Waals surface area contributed by atoms with Crippen molar-refractivity contribution >= 4 is 39.1 Å². The van der Waals surface area contributed by atoms with Crippen LogP contribution in [0.4, 0.5) is 11.4 Å². The average molecular weight is 487 g/mol. The van der Waals surface area contributed by atoms with Crippen LogP contribution in [0, 0.1) is 6.92 Å². The van der Waals surface area contributed by atoms with Crippen molar-refractivity contribution in [3.05, 3.63) is 72.3 Å². The van der Waals surface area contributed by atoms with E-state index < -0.39 is 15.3 Å². The number of hydrogen-bond acceptors (Lipinski definition) is 6. The Labute approximate surface area is 198 Å². The molecular formula is C24H26N2O5S2. The number of para-hydroxylation sites is 1. The van der Waals surface area contributed by atoms with E-state index in [-0.39, 0.29) is 10.8 Å². The summed E-state index contributed by atoms with van der Waals surface area (Å²) in [6.07, 6.45) is 0. The average Bonchev–Trinajstić information content (AvgIpc) is 2.80. The highest BCUT2D eigenvalue weighted by Gasteiger charge is 2.18. The van der Waals surface area contributed by atoms with E-state index in [0.29, 0.717) is 22.9 Å². The van der Waals surface area contributed by atoms with Gasteiger partial charge in [0.2, 0.25) is 5.91 Å². The topological polar surface area (TPSA) is 93.7 Å². The van der Waals surface area contributed by atoms with E-state index in [1.165, 1.54) is 23.9 Å². The monoisotopic (exact) mass is 486 g/mol. The number of methoxy groups -OCH3 is 2. The van der Waals surface area contributed by atoms with E-state index in [1.807, 2.05) is 31.2 Å². The minimum Gasteiger partial charge on any atom is -0.493 e. The molecule has 0 heterocycles. The van der Waals surface area contributed by atoms with Gasteiger partial charge in [-0.1, -0.05) is 18.2 Å². The molecule has 0 aliphatic rings. The Balaban J connectivity index is 1.64. The second-order valence-corrected chi connectivity index (χ2v) is 10.3. The number of rotatable bonds is 9. The fourth-order valence-corrected chi connectivity index (χ4v) is 5.03. The van der Waals surface area contributed by atoms with Crippen molar-refractivity contribution in [1.82, 2.24) is 0 Å². The summed E-state index contributed by atoms with van der Waals surface area (Å²) in [5.74, 6) is 1.00. The molecule has 0 unspecified atom stereocenters. The van der Waals surface area contributed by atoms with Crippen LogP contribution >= 0.6 is 11.8 Å². The number of amides is 1. The highest BCUT2D eigenvalue weighted by Crippen LogP contribution is 2.33. The maximum absolute atomic E-state index is 12.7. The Morgan fingerprint density at radius 3 is 2.24 bits per heavy atom. The van der Waals surface area contributed by atoms with E-state index in [4.69, 9.17) is 9.47 Å². The first-order valence-electron chi connectivity index (χ1n) is 10.1. The van der Waals surface area contributed by atoms with E-state index in [1.54, 1.807) is 51.5 Å². The van der Waals surface area contributed by atoms with E-state index in [9.17, 15) is 13.2 Å². The first kappa shape index (κ1) is 24.5. The standard InChI is InChI=1S/C24H26N2O5S2/c1-16-7-5-6-8-21(16)26-33(28,29)20-12-9-18(10-13-20)25-24(27)17(2)32-19-11-14-22(30-3)23(15-19)31-4/h5-15,17,26H,1-4H3,(H,25,27)/t17-/m1/s1. The number of carbonyl (C=O) groups is 1. The van der Waals surface area contributed by atoms with Crippen LogP contribution in [0.5, 0.6) is 11.5 Å². The maximum atomic E-state index is 12.7. The number of sulfonamides is 1. The van der Waals surface area contributed by atoms with Crippen LogP contribution in [-0.2, 0) is 14.8 Å². The number of ether oxygens (including phenoxy) is 2. The van der Waals surface area contributed by atoms with Crippen molar-refractivity contribution in [2.24, 2.45) is 0 Å². The molecule has 174 valence electrons. The fraction of sp³-hybridized carbons (Fsp3) is 0.208. The Kier molecular flexibility index (Phi) is 7.88. The molecule has 0 saturated heterocycles. The zero-order valence-electron chi connectivity index (χ0n) is 18.8. The predicted octanol–water partition coefficient (Wildman–Crippen LogP) is 4.93. The van der Waals surface area contributed by atoms with Crippen LogP contribution in [0.2, 0.25) is 0 Å². The Bertz CT molecular complexity index is 1230. The van der Waals surface area contributed by atoms with Gasteiger partial charge in [0.1, 0.15) is 0 Å². The molecule has 0 radical (unpaired) electrons. The molecule has 9 heteroatoms. The zero-order chi connectivity index (χ0) is 24.0. The minimum atomic E-state index is -3.74. The van der Waals surface area contributed by atoms with Crippen LogP contribution in [0.15, 0.2) is 76.5 Å². The lowest BCUT2D eigenvalue weighted by Gasteiger charge is -2.14. The first-order chi connectivity index (χ1) is 15.7. The van der Waals surface area contributed by atoms with E-state index in [2.05, 4.69) is 10.0 Å². The number of aryl methyl sites for hydroxylation is 1. The molecule has 3 aromatic rings. The minimum absolute atomic E-state index is 0.108. The third kappa shape index (κ3) is 6.21. The zero-order valence-corrected chi connectivity index (χ0v) is 20.4. The molecule has 0 bridgehead atoms. The fourth-order valence-electron chi connectivity index (χ4n) is 3.00. The molecule has 3 rings (SSSR count). The summed E-state index contributed by atoms with van der Waals surface area (Å²) < 4.78 is 38.5. The molecule has 2 N–H and O–H groups in total. The normalized spacial score (nSPS) is 12.0. The number of carbonyl (C=O) groups excluding carboxylic acids is 1. The smallest absolute Gasteiger partial charge is 0.261 e. The lowest BCUT2D eigenvalue weighted by atomic mass is 10.2. The van der Waals surface area contributed by atoms with Crippen LogP contribution in [-0.4, -0.2) is 33.8 Å². The third-order valence-corrected chi connectivity index (χ3v) is 7.33. The second kappa shape index (κ2) is 10.6. The Morgan fingerprint density at radius 2 is 1.61 bits per heavy atom. The summed E-state index contributed by atoms with van der Waals surface area (Å²) in [6.45, 7) is 3.62. The van der Waals surface area contributed by atoms with Gasteiger partial charge >= 0.3 is 0 Å². The summed E-state index contributed by atoms with van der Waals surface area (Å²) >= 11 is 1.38. The first-order valence-corrected chi connectivity index (χ1v) is 12.5. The Morgan fingerprint density at radius 1 is 0.939 bits per heavy atom. The van der Waals surface area contributed by atoms with Crippen LogP contribution in [0.25, 0.3) is 0 Å². The number of anilines is 2. The molecule has 1 atom stereocenters. The highest BCUT2D eigenvalue weighted by atomic mass is 32.2. The molecular weight excluding hydrogens is 460 g/mol. The highest BCUT2D eigenvalue weighted by molar-refractivity contribution is 8.00. The molecule has 7 nitrogen and oxygen atoms in total. The van der Waals surface area contributed by atoms with Crippen LogP contribution in [0.1, 0.15) is 12.5 Å². The van der Waals surface area contributed by atoms with Crippen molar-refractivity contribution < 1.29 is 22.7 Å². The summed E-state index contributed by atoms with van der Waals surface area (Å²) in [4.78, 5) is 13.6. The molecule has 0 aromatic heterocycles. The molecule has 0 saturated carbocycles. The van der Waals surface area contributed by atoms with Crippen molar-refractivity contribution in [2.45, 2.75) is 28.9 Å². The van der Waals surface area contributed by atoms with Gasteiger partial charge in [-0.3, -0.25) is 9.52 Å². The van der Waals surface area contributed by atoms with Crippen LogP contribution < -0.4 is 19.5 Å². The predicted molar refractivity (Wildman–Crippen MR) is 132 cm³/mol. The van der Waals surface area contributed by atoms with Gasteiger partial charge in [-0.25, -0.2) is 8.42 Å². The van der Waals surface area contributed by atoms with Gasteiger partial charge < -0.3 is 14.8 Å². The quantitative estimate of drug-likeness (QED) is 0.417. The van der Waals surface area contributed by atoms with Gasteiger partial charge in [0.25, 0.3) is 10.0 Å². The van der Waals surface area contributed by atoms with Gasteiger partial charge in [0.05, 0.1) is 30.1 Å². The lowest BCUT2D eigenvalue weighted by Crippen LogP contribution is -2.22. The molecule has 1 amide bonds. The number of hydrogen-bond donors (Lipinski definition) is 2. The summed E-state index contributed by atoms with van der Waals surface area (Å²) in [5.41, 5.74) is 1.86. The summed E-state index contributed by atoms with van der Waals surface area (Å²) in [7, 11) is -0.616. The van der Waals surface area contributed by atoms with Crippen molar-refractivity contribution in [2.75, 3.05) is 24.3 Å². The number of benzene rings is 3. The van der Waals surface area contributed by atoms with Gasteiger partial charge in [-0.05, 0) is 67.9 Å². The molecule has 0 aliphatic carbocycles. The number of nitrogens with one attached hydrogen (secondary N) is 2. The Hall–Kier alpha value is -3.17. The molecule has 3 aromatic carbocycles. The summed E-state index contributed by atoms with van der Waals surface area (Å²) in [5, 5.41) is 2.43. The van der Waals surface area contributed by atoms with E-state index >= 15 is 0 Å². The van der Waals surface area contributed by atoms with Gasteiger partial charge in [0, 0.05) is 10.6 Å². The van der Waals surface area contributed by atoms with Gasteiger partial charge in [-0.15, -0.1) is 11.8 Å². The molecule has 0 fully saturated rings. The summed E-state index contributed by atoms with van der Waals surface area (Å²) in [6, 6.07) is 18.7. The third-order valence-electron chi connectivity index (χ3n) is 4.86. The van der Waals surface area contributed by atoms with Gasteiger partial charge in [0.15, 0.2) is 11.5 Å². The molecule has 0 aliphatic heterocycles. The van der Waals surface area contributed by atoms with Gasteiger partial charge in [-0.2, -0.15) is 0 Å². The lowest BCUT2D eigenvalue weighted by molar-refractivity contribution is -0.115. The largest absolute Gasteiger partial charge is 0.493 e. The van der Waals surface area contributed by atoms with Crippen LogP contribution in [0.3, 0.4) is 0 Å². The molecule has 0 spiro atoms. The van der Waals surface area contributed by atoms with Crippen molar-refractivity contribution in [3.8, 4) is 11.5 Å².